The predicted octanol–water partition coefficient (Wildman–Crippen LogP) is 5.16. The maximum Gasteiger partial charge on any atom is 0.0946 e. The second-order valence-corrected chi connectivity index (χ2v) is 7.36. The van der Waals surface area contributed by atoms with Crippen molar-refractivity contribution in [1.82, 2.24) is 9.55 Å². The first kappa shape index (κ1) is 19.6. The Kier molecular flexibility index (Phi) is 12.6. The molecule has 0 N–H and O–H groups in total. The Bertz CT molecular complexity index is 330. The number of ether oxygens (including phenoxy) is 1. The lowest BCUT2D eigenvalue weighted by atomic mass is 10.2. The third-order valence-corrected chi connectivity index (χ3v) is 5.05. The van der Waals surface area contributed by atoms with Gasteiger partial charge in [-0.1, -0.05) is 52.4 Å². The first-order valence-corrected chi connectivity index (χ1v) is 10.1. The van der Waals surface area contributed by atoms with Gasteiger partial charge in [0.2, 0.25) is 0 Å². The Morgan fingerprint density at radius 2 is 1.82 bits per heavy atom. The monoisotopic (exact) mass is 326 g/mol. The molecule has 0 amide bonds. The lowest BCUT2D eigenvalue weighted by Crippen LogP contribution is -2.19. The van der Waals surface area contributed by atoms with Gasteiger partial charge in [0.25, 0.3) is 0 Å². The van der Waals surface area contributed by atoms with Crippen LogP contribution in [0.1, 0.15) is 65.2 Å². The Morgan fingerprint density at radius 3 is 2.50 bits per heavy atom. The highest BCUT2D eigenvalue weighted by atomic mass is 32.2. The second kappa shape index (κ2) is 14.1. The fourth-order valence-electron chi connectivity index (χ4n) is 2.41. The molecular weight excluding hydrogens is 292 g/mol. The summed E-state index contributed by atoms with van der Waals surface area (Å²) in [5.41, 5.74) is 0. The quantitative estimate of drug-likeness (QED) is 0.416. The van der Waals surface area contributed by atoms with Gasteiger partial charge in [-0.25, -0.2) is 4.98 Å². The Balaban J connectivity index is 2.19. The molecule has 0 saturated heterocycles. The van der Waals surface area contributed by atoms with Crippen LogP contribution in [0.3, 0.4) is 0 Å². The van der Waals surface area contributed by atoms with Crippen LogP contribution < -0.4 is 0 Å². The zero-order valence-electron chi connectivity index (χ0n) is 14.5. The summed E-state index contributed by atoms with van der Waals surface area (Å²) in [6.07, 6.45) is 16.3. The molecule has 0 radical (unpaired) electrons. The minimum absolute atomic E-state index is 0.544. The average molecular weight is 327 g/mol. The zero-order valence-corrected chi connectivity index (χ0v) is 15.3. The third-order valence-electron chi connectivity index (χ3n) is 3.77. The highest BCUT2D eigenvalue weighted by Gasteiger charge is 2.10. The van der Waals surface area contributed by atoms with E-state index in [1.807, 2.05) is 18.7 Å². The number of nitrogens with zero attached hydrogens (tertiary/aromatic N) is 2. The van der Waals surface area contributed by atoms with Crippen molar-refractivity contribution >= 4 is 11.8 Å². The van der Waals surface area contributed by atoms with E-state index in [1.165, 1.54) is 57.1 Å². The van der Waals surface area contributed by atoms with Crippen molar-refractivity contribution in [3.05, 3.63) is 18.7 Å². The van der Waals surface area contributed by atoms with Gasteiger partial charge >= 0.3 is 0 Å². The molecule has 1 rings (SSSR count). The lowest BCUT2D eigenvalue weighted by Gasteiger charge is -2.17. The molecule has 1 atom stereocenters. The highest BCUT2D eigenvalue weighted by Crippen LogP contribution is 2.17. The second-order valence-electron chi connectivity index (χ2n) is 5.95. The van der Waals surface area contributed by atoms with Crippen LogP contribution in [0.15, 0.2) is 18.7 Å². The summed E-state index contributed by atoms with van der Waals surface area (Å²) in [5.74, 6) is 1.25. The SMILES string of the molecule is CCCCCCOCC(Cn1ccnc1)SCCCCCC. The molecule has 128 valence electrons. The van der Waals surface area contributed by atoms with Crippen LogP contribution in [0.25, 0.3) is 0 Å². The standard InChI is InChI=1S/C18H34N2OS/c1-3-5-7-9-13-21-16-18(15-20-12-11-19-17-20)22-14-10-8-6-4-2/h11-12,17-18H,3-10,13-16H2,1-2H3. The van der Waals surface area contributed by atoms with Crippen LogP contribution >= 0.6 is 11.8 Å². The van der Waals surface area contributed by atoms with Gasteiger partial charge < -0.3 is 9.30 Å². The smallest absolute Gasteiger partial charge is 0.0946 e. The number of thioether (sulfide) groups is 1. The number of aromatic nitrogens is 2. The molecular formula is C18H34N2OS. The summed E-state index contributed by atoms with van der Waals surface area (Å²) in [6, 6.07) is 0. The molecule has 0 fully saturated rings. The van der Waals surface area contributed by atoms with Gasteiger partial charge in [-0.15, -0.1) is 0 Å². The third kappa shape index (κ3) is 10.3. The molecule has 1 heterocycles. The normalized spacial score (nSPS) is 12.6. The lowest BCUT2D eigenvalue weighted by molar-refractivity contribution is 0.128. The molecule has 0 aliphatic rings. The summed E-state index contributed by atoms with van der Waals surface area (Å²) in [5, 5.41) is 0.544. The van der Waals surface area contributed by atoms with E-state index >= 15 is 0 Å². The first-order valence-electron chi connectivity index (χ1n) is 9.01. The Hall–Kier alpha value is -0.480. The van der Waals surface area contributed by atoms with Gasteiger partial charge in [0, 0.05) is 30.8 Å². The van der Waals surface area contributed by atoms with Crippen molar-refractivity contribution in [1.29, 1.82) is 0 Å². The van der Waals surface area contributed by atoms with E-state index in [1.54, 1.807) is 0 Å². The topological polar surface area (TPSA) is 27.1 Å². The summed E-state index contributed by atoms with van der Waals surface area (Å²) in [6.45, 7) is 7.30. The fourth-order valence-corrected chi connectivity index (χ4v) is 3.58. The van der Waals surface area contributed by atoms with Crippen molar-refractivity contribution in [2.75, 3.05) is 19.0 Å². The maximum atomic E-state index is 5.91. The molecule has 1 aromatic rings. The van der Waals surface area contributed by atoms with Crippen molar-refractivity contribution in [2.45, 2.75) is 77.0 Å². The van der Waals surface area contributed by atoms with Crippen LogP contribution in [0.2, 0.25) is 0 Å². The van der Waals surface area contributed by atoms with Crippen molar-refractivity contribution < 1.29 is 4.74 Å². The predicted molar refractivity (Wildman–Crippen MR) is 97.6 cm³/mol. The number of hydrogen-bond acceptors (Lipinski definition) is 3. The molecule has 0 aromatic carbocycles. The Labute approximate surface area is 141 Å². The zero-order chi connectivity index (χ0) is 15.9. The molecule has 3 nitrogen and oxygen atoms in total. The first-order chi connectivity index (χ1) is 10.9. The summed E-state index contributed by atoms with van der Waals surface area (Å²) >= 11 is 2.06. The van der Waals surface area contributed by atoms with Gasteiger partial charge in [0.05, 0.1) is 12.9 Å². The van der Waals surface area contributed by atoms with Gasteiger partial charge in [0.1, 0.15) is 0 Å². The van der Waals surface area contributed by atoms with Crippen LogP contribution in [0.4, 0.5) is 0 Å². The molecule has 22 heavy (non-hydrogen) atoms. The van der Waals surface area contributed by atoms with E-state index in [-0.39, 0.29) is 0 Å². The fraction of sp³-hybridized carbons (Fsp3) is 0.833. The number of rotatable bonds is 15. The van der Waals surface area contributed by atoms with Gasteiger partial charge in [-0.3, -0.25) is 0 Å². The average Bonchev–Trinajstić information content (AvgIpc) is 3.03. The highest BCUT2D eigenvalue weighted by molar-refractivity contribution is 7.99. The molecule has 0 bridgehead atoms. The van der Waals surface area contributed by atoms with Crippen molar-refractivity contribution in [3.8, 4) is 0 Å². The van der Waals surface area contributed by atoms with Crippen LogP contribution in [-0.4, -0.2) is 33.8 Å². The van der Waals surface area contributed by atoms with E-state index < -0.39 is 0 Å². The van der Waals surface area contributed by atoms with Gasteiger partial charge in [-0.2, -0.15) is 11.8 Å². The molecule has 0 saturated carbocycles. The number of imidazole rings is 1. The summed E-state index contributed by atoms with van der Waals surface area (Å²) in [7, 11) is 0. The molecule has 1 unspecified atom stereocenters. The number of unbranched alkanes of at least 4 members (excludes halogenated alkanes) is 6. The molecule has 0 aliphatic heterocycles. The van der Waals surface area contributed by atoms with E-state index in [4.69, 9.17) is 4.74 Å². The van der Waals surface area contributed by atoms with Gasteiger partial charge in [-0.05, 0) is 18.6 Å². The van der Waals surface area contributed by atoms with Crippen LogP contribution in [-0.2, 0) is 11.3 Å². The van der Waals surface area contributed by atoms with Crippen LogP contribution in [0, 0.1) is 0 Å². The molecule has 0 aliphatic carbocycles. The summed E-state index contributed by atoms with van der Waals surface area (Å²) in [4.78, 5) is 4.14. The molecule has 4 heteroatoms. The van der Waals surface area contributed by atoms with E-state index in [0.717, 1.165) is 19.8 Å². The minimum Gasteiger partial charge on any atom is -0.380 e. The van der Waals surface area contributed by atoms with E-state index in [0.29, 0.717) is 5.25 Å². The van der Waals surface area contributed by atoms with E-state index in [9.17, 15) is 0 Å². The van der Waals surface area contributed by atoms with Crippen LogP contribution in [0.5, 0.6) is 0 Å². The van der Waals surface area contributed by atoms with Gasteiger partial charge in [0.15, 0.2) is 0 Å². The number of hydrogen-bond donors (Lipinski definition) is 0. The maximum absolute atomic E-state index is 5.91. The Morgan fingerprint density at radius 1 is 1.05 bits per heavy atom. The van der Waals surface area contributed by atoms with E-state index in [2.05, 4.69) is 35.2 Å². The van der Waals surface area contributed by atoms with Crippen molar-refractivity contribution in [2.24, 2.45) is 0 Å². The minimum atomic E-state index is 0.544. The summed E-state index contributed by atoms with van der Waals surface area (Å²) < 4.78 is 8.09. The van der Waals surface area contributed by atoms with Crippen molar-refractivity contribution in [3.63, 3.8) is 0 Å². The molecule has 1 aromatic heterocycles. The molecule has 0 spiro atoms. The largest absolute Gasteiger partial charge is 0.380 e.